The molecule has 18 heavy (non-hydrogen) atoms. The number of nitriles is 1. The van der Waals surface area contributed by atoms with E-state index in [1.54, 1.807) is 28.2 Å². The predicted octanol–water partition coefficient (Wildman–Crippen LogP) is 2.38. The van der Waals surface area contributed by atoms with Crippen molar-refractivity contribution in [1.29, 1.82) is 10.7 Å². The molecule has 1 fully saturated rings. The molecular formula is C12H15N4S2+. The van der Waals surface area contributed by atoms with Gasteiger partial charge in [-0.05, 0) is 22.6 Å². The number of nitrogens with one attached hydrogen (secondary N) is 1. The number of hydrazone groups is 1. The molecule has 1 N–H and O–H groups in total. The van der Waals surface area contributed by atoms with Crippen LogP contribution >= 0.6 is 23.5 Å². The number of hydrogen-bond acceptors (Lipinski definition) is 5. The molecule has 0 aromatic heterocycles. The van der Waals surface area contributed by atoms with Gasteiger partial charge in [-0.3, -0.25) is 5.41 Å². The lowest BCUT2D eigenvalue weighted by molar-refractivity contribution is -0.473. The molecule has 1 aliphatic heterocycles. The standard InChI is InChI=1S/C12H15N4S2/c1-12(2)8-9(12)11(18-4)16(7(5-13)6-14)15-10(8)17-3/h8-9,13H,1-4H3/q+1/t8-,9+/m0/s1. The van der Waals surface area contributed by atoms with Crippen LogP contribution in [0.2, 0.25) is 0 Å². The molecule has 2 atom stereocenters. The van der Waals surface area contributed by atoms with Gasteiger partial charge in [-0.2, -0.15) is 5.26 Å². The zero-order valence-corrected chi connectivity index (χ0v) is 12.4. The van der Waals surface area contributed by atoms with E-state index >= 15 is 0 Å². The maximum absolute atomic E-state index is 9.07. The van der Waals surface area contributed by atoms with Crippen LogP contribution in [0.5, 0.6) is 0 Å². The number of allylic oxidation sites excluding steroid dienone is 1. The molecule has 0 saturated heterocycles. The van der Waals surface area contributed by atoms with Crippen LogP contribution in [-0.2, 0) is 0 Å². The fourth-order valence-corrected chi connectivity index (χ4v) is 4.43. The summed E-state index contributed by atoms with van der Waals surface area (Å²) in [6.07, 6.45) is 4.00. The number of hydrogen-bond donors (Lipinski definition) is 1. The fourth-order valence-electron chi connectivity index (χ4n) is 2.57. The molecule has 0 aromatic carbocycles. The third-order valence-electron chi connectivity index (χ3n) is 3.62. The Morgan fingerprint density at radius 2 is 2.06 bits per heavy atom. The zero-order valence-electron chi connectivity index (χ0n) is 10.8. The van der Waals surface area contributed by atoms with Gasteiger partial charge in [0.15, 0.2) is 6.07 Å². The van der Waals surface area contributed by atoms with E-state index in [4.69, 9.17) is 10.7 Å². The molecular weight excluding hydrogens is 264 g/mol. The van der Waals surface area contributed by atoms with Crippen LogP contribution in [0, 0.1) is 34.0 Å². The van der Waals surface area contributed by atoms with Gasteiger partial charge in [-0.1, -0.05) is 25.6 Å². The van der Waals surface area contributed by atoms with E-state index in [0.29, 0.717) is 11.8 Å². The van der Waals surface area contributed by atoms with Gasteiger partial charge in [0.25, 0.3) is 5.04 Å². The van der Waals surface area contributed by atoms with Gasteiger partial charge in [0.2, 0.25) is 0 Å². The first kappa shape index (κ1) is 13.4. The van der Waals surface area contributed by atoms with Crippen molar-refractivity contribution >= 4 is 39.5 Å². The van der Waals surface area contributed by atoms with E-state index in [9.17, 15) is 0 Å². The minimum absolute atomic E-state index is 0.159. The van der Waals surface area contributed by atoms with E-state index in [1.165, 1.54) is 0 Å². The summed E-state index contributed by atoms with van der Waals surface area (Å²) in [4.78, 5) is 0. The lowest BCUT2D eigenvalue weighted by atomic mass is 10.1. The Balaban J connectivity index is 2.59. The molecule has 1 heterocycles. The average Bonchev–Trinajstić information content (AvgIpc) is 2.93. The van der Waals surface area contributed by atoms with Crippen LogP contribution in [0.15, 0.2) is 10.8 Å². The van der Waals surface area contributed by atoms with Crippen LogP contribution < -0.4 is 0 Å². The first-order valence-electron chi connectivity index (χ1n) is 5.56. The molecule has 0 unspecified atom stereocenters. The lowest BCUT2D eigenvalue weighted by Gasteiger charge is -2.06. The highest BCUT2D eigenvalue weighted by molar-refractivity contribution is 8.14. The maximum Gasteiger partial charge on any atom is 0.377 e. The van der Waals surface area contributed by atoms with Crippen LogP contribution in [-0.4, -0.2) is 33.2 Å². The highest BCUT2D eigenvalue weighted by atomic mass is 32.2. The third kappa shape index (κ3) is 1.74. The van der Waals surface area contributed by atoms with Crippen molar-refractivity contribution in [2.45, 2.75) is 13.8 Å². The summed E-state index contributed by atoms with van der Waals surface area (Å²) in [5, 5.41) is 22.9. The summed E-state index contributed by atoms with van der Waals surface area (Å²) in [6, 6.07) is 1.99. The van der Waals surface area contributed by atoms with E-state index in [-0.39, 0.29) is 11.1 Å². The quantitative estimate of drug-likeness (QED) is 0.455. The van der Waals surface area contributed by atoms with Crippen molar-refractivity contribution in [3.8, 4) is 6.07 Å². The molecule has 6 heteroatoms. The highest BCUT2D eigenvalue weighted by Crippen LogP contribution is 2.63. The second-order valence-electron chi connectivity index (χ2n) is 4.86. The van der Waals surface area contributed by atoms with Crippen LogP contribution in [0.3, 0.4) is 0 Å². The average molecular weight is 279 g/mol. The molecule has 4 nitrogen and oxygen atoms in total. The van der Waals surface area contributed by atoms with Crippen molar-refractivity contribution in [2.24, 2.45) is 22.4 Å². The van der Waals surface area contributed by atoms with Crippen molar-refractivity contribution in [3.63, 3.8) is 0 Å². The topological polar surface area (TPSA) is 63.0 Å². The van der Waals surface area contributed by atoms with Gasteiger partial charge in [0.05, 0.1) is 11.8 Å². The van der Waals surface area contributed by atoms with Crippen molar-refractivity contribution in [3.05, 3.63) is 5.70 Å². The third-order valence-corrected chi connectivity index (χ3v) is 5.22. The minimum Gasteiger partial charge on any atom is -0.252 e. The van der Waals surface area contributed by atoms with E-state index in [2.05, 4.69) is 24.8 Å². The van der Waals surface area contributed by atoms with Crippen molar-refractivity contribution in [1.82, 2.24) is 0 Å². The van der Waals surface area contributed by atoms with Gasteiger partial charge < -0.3 is 0 Å². The lowest BCUT2D eigenvalue weighted by Crippen LogP contribution is -2.23. The Labute approximate surface area is 115 Å². The molecule has 0 aromatic rings. The van der Waals surface area contributed by atoms with Crippen molar-refractivity contribution < 1.29 is 4.68 Å². The molecule has 0 radical (unpaired) electrons. The van der Waals surface area contributed by atoms with Gasteiger partial charge in [0, 0.05) is 11.0 Å². The van der Waals surface area contributed by atoms with Crippen LogP contribution in [0.4, 0.5) is 0 Å². The van der Waals surface area contributed by atoms with E-state index in [0.717, 1.165) is 10.1 Å². The first-order chi connectivity index (χ1) is 8.52. The summed E-state index contributed by atoms with van der Waals surface area (Å²) in [5.74, 6) is 3.04. The molecule has 1 aliphatic carbocycles. The van der Waals surface area contributed by atoms with Gasteiger partial charge in [0.1, 0.15) is 5.04 Å². The maximum atomic E-state index is 9.07. The van der Waals surface area contributed by atoms with Crippen LogP contribution in [0.1, 0.15) is 13.8 Å². The Morgan fingerprint density at radius 3 is 2.50 bits per heavy atom. The van der Waals surface area contributed by atoms with Crippen molar-refractivity contribution in [2.75, 3.05) is 12.5 Å². The highest BCUT2D eigenvalue weighted by Gasteiger charge is 2.68. The van der Waals surface area contributed by atoms with Gasteiger partial charge >= 0.3 is 5.70 Å². The Bertz CT molecular complexity index is 547. The molecule has 2 rings (SSSR count). The Hall–Kier alpha value is -1.02. The Kier molecular flexibility index (Phi) is 3.41. The summed E-state index contributed by atoms with van der Waals surface area (Å²) in [6.45, 7) is 4.46. The summed E-state index contributed by atoms with van der Waals surface area (Å²) in [7, 11) is 0. The normalized spacial score (nSPS) is 27.8. The number of rotatable bonds is 1. The first-order valence-corrected chi connectivity index (χ1v) is 8.01. The number of nitrogens with zero attached hydrogens (tertiary/aromatic N) is 3. The van der Waals surface area contributed by atoms with E-state index < -0.39 is 0 Å². The molecule has 0 spiro atoms. The molecule has 0 amide bonds. The van der Waals surface area contributed by atoms with Crippen LogP contribution in [0.25, 0.3) is 0 Å². The SMILES string of the molecule is CSC1=N[N+](C(=C=N)C#N)=C(SC)[C@H]2[C@@H]1C2(C)C. The Morgan fingerprint density at radius 1 is 1.39 bits per heavy atom. The molecule has 1 saturated carbocycles. The predicted molar refractivity (Wildman–Crippen MR) is 77.3 cm³/mol. The largest absolute Gasteiger partial charge is 0.377 e. The summed E-state index contributed by atoms with van der Waals surface area (Å²) < 4.78 is 1.60. The second kappa shape index (κ2) is 4.58. The zero-order chi connectivity index (χ0) is 13.5. The van der Waals surface area contributed by atoms with E-state index in [1.807, 2.05) is 18.6 Å². The van der Waals surface area contributed by atoms with Gasteiger partial charge in [-0.15, -0.1) is 11.8 Å². The molecule has 0 bridgehead atoms. The summed E-state index contributed by atoms with van der Waals surface area (Å²) >= 11 is 3.23. The smallest absolute Gasteiger partial charge is 0.252 e. The minimum atomic E-state index is 0.159. The number of thioether (sulfide) groups is 2. The fraction of sp³-hybridized carbons (Fsp3) is 0.583. The second-order valence-corrected chi connectivity index (χ2v) is 6.51. The number of fused-ring (bicyclic) bond motifs is 1. The monoisotopic (exact) mass is 279 g/mol. The molecule has 2 aliphatic rings. The molecule has 94 valence electrons. The van der Waals surface area contributed by atoms with Gasteiger partial charge in [-0.25, -0.2) is 0 Å². The summed E-state index contributed by atoms with van der Waals surface area (Å²) in [5.41, 5.74) is 0.351.